The predicted molar refractivity (Wildman–Crippen MR) is 145 cm³/mol. The van der Waals surface area contributed by atoms with Crippen LogP contribution in [-0.4, -0.2) is 47.5 Å². The van der Waals surface area contributed by atoms with Gasteiger partial charge in [0.15, 0.2) is 0 Å². The van der Waals surface area contributed by atoms with E-state index in [-0.39, 0.29) is 6.54 Å². The zero-order valence-corrected chi connectivity index (χ0v) is 23.1. The molecule has 0 heterocycles. The maximum Gasteiger partial charge on any atom is 0.289 e. The molecule has 0 bridgehead atoms. The molecule has 2 rings (SSSR count). The minimum Gasteiger partial charge on any atom is -0.345 e. The van der Waals surface area contributed by atoms with E-state index in [1.807, 2.05) is 0 Å². The van der Waals surface area contributed by atoms with Crippen molar-refractivity contribution in [1.82, 2.24) is 21.3 Å². The largest absolute Gasteiger partial charge is 0.345 e. The van der Waals surface area contributed by atoms with Crippen LogP contribution in [0.1, 0.15) is 57.5 Å². The Morgan fingerprint density at radius 1 is 0.795 bits per heavy atom. The van der Waals surface area contributed by atoms with Crippen molar-refractivity contribution in [3.63, 3.8) is 0 Å². The van der Waals surface area contributed by atoms with Crippen molar-refractivity contribution in [2.75, 3.05) is 0 Å². The second kappa shape index (κ2) is 13.6. The molecule has 0 aliphatic rings. The van der Waals surface area contributed by atoms with Crippen molar-refractivity contribution in [1.29, 1.82) is 0 Å². The third-order valence-corrected chi connectivity index (χ3v) is 6.03. The second-order valence-corrected chi connectivity index (χ2v) is 10.8. The summed E-state index contributed by atoms with van der Waals surface area (Å²) in [5.41, 5.74) is 0.317. The molecule has 0 aliphatic heterocycles. The average molecular weight is 541 g/mol. The molecule has 0 radical (unpaired) electrons. The zero-order valence-electron chi connectivity index (χ0n) is 23.1. The summed E-state index contributed by atoms with van der Waals surface area (Å²) in [5.74, 6) is -4.25. The summed E-state index contributed by atoms with van der Waals surface area (Å²) in [6, 6.07) is 10.7. The number of ketones is 1. The van der Waals surface area contributed by atoms with E-state index in [1.165, 1.54) is 31.2 Å². The van der Waals surface area contributed by atoms with Crippen molar-refractivity contribution >= 4 is 29.4 Å². The van der Waals surface area contributed by atoms with Crippen molar-refractivity contribution in [2.45, 2.75) is 66.2 Å². The Labute approximate surface area is 228 Å². The van der Waals surface area contributed by atoms with Crippen LogP contribution in [0.5, 0.6) is 0 Å². The van der Waals surface area contributed by atoms with Gasteiger partial charge in [-0.25, -0.2) is 4.39 Å². The molecule has 2 aromatic rings. The number of carbonyl (C=O) groups is 5. The summed E-state index contributed by atoms with van der Waals surface area (Å²) in [7, 11) is 0. The summed E-state index contributed by atoms with van der Waals surface area (Å²) < 4.78 is 13.1. The molecule has 39 heavy (non-hydrogen) atoms. The standard InChI is InChI=1S/C29H37FN4O5/c1-17(2)22(23(35)27(38)31-16-19-12-14-21(30)15-13-19)33-25(36)18(3)32-28(39)24(29(4,5)6)34-26(37)20-10-8-7-9-11-20/h7-15,17-18,22,24H,16H2,1-6H3,(H,31,38)(H,32,39)(H,33,36)(H,34,37)/t18-,22-,24+/m0/s1. The third kappa shape index (κ3) is 9.31. The topological polar surface area (TPSA) is 133 Å². The summed E-state index contributed by atoms with van der Waals surface area (Å²) in [6.07, 6.45) is 0. The number of carbonyl (C=O) groups excluding carboxylic acids is 5. The minimum atomic E-state index is -1.14. The van der Waals surface area contributed by atoms with Crippen LogP contribution in [0.3, 0.4) is 0 Å². The first-order chi connectivity index (χ1) is 18.2. The molecule has 4 N–H and O–H groups in total. The van der Waals surface area contributed by atoms with Gasteiger partial charge in [0.2, 0.25) is 17.6 Å². The highest BCUT2D eigenvalue weighted by atomic mass is 19.1. The first-order valence-electron chi connectivity index (χ1n) is 12.7. The van der Waals surface area contributed by atoms with Crippen LogP contribution < -0.4 is 21.3 Å². The molecule has 4 amide bonds. The summed E-state index contributed by atoms with van der Waals surface area (Å²) >= 11 is 0. The maximum atomic E-state index is 13.1. The van der Waals surface area contributed by atoms with Crippen LogP contribution in [0.25, 0.3) is 0 Å². The van der Waals surface area contributed by atoms with E-state index >= 15 is 0 Å². The number of rotatable bonds is 11. The van der Waals surface area contributed by atoms with Gasteiger partial charge >= 0.3 is 0 Å². The van der Waals surface area contributed by atoms with Crippen molar-refractivity contribution in [2.24, 2.45) is 11.3 Å². The lowest BCUT2D eigenvalue weighted by atomic mass is 9.85. The summed E-state index contributed by atoms with van der Waals surface area (Å²) in [6.45, 7) is 10.2. The van der Waals surface area contributed by atoms with Crippen LogP contribution in [0.2, 0.25) is 0 Å². The second-order valence-electron chi connectivity index (χ2n) is 10.8. The van der Waals surface area contributed by atoms with Gasteiger partial charge in [-0.15, -0.1) is 0 Å². The molecule has 210 valence electrons. The lowest BCUT2D eigenvalue weighted by molar-refractivity contribution is -0.141. The number of halogens is 1. The normalized spacial score (nSPS) is 13.5. The fourth-order valence-electron chi connectivity index (χ4n) is 3.67. The minimum absolute atomic E-state index is 0.0129. The molecule has 0 unspecified atom stereocenters. The Kier molecular flexibility index (Phi) is 10.9. The van der Waals surface area contributed by atoms with Gasteiger partial charge in [0, 0.05) is 12.1 Å². The lowest BCUT2D eigenvalue weighted by Crippen LogP contribution is -2.59. The van der Waals surface area contributed by atoms with Gasteiger partial charge in [-0.05, 0) is 48.1 Å². The number of nitrogens with one attached hydrogen (secondary N) is 4. The first kappa shape index (κ1) is 31.1. The SMILES string of the molecule is CC(C)[C@H](NC(=O)[C@H](C)NC(=O)[C@@H](NC(=O)c1ccccc1)C(C)(C)C)C(=O)C(=O)NCc1ccc(F)cc1. The van der Waals surface area contributed by atoms with E-state index in [4.69, 9.17) is 0 Å². The van der Waals surface area contributed by atoms with Crippen molar-refractivity contribution < 1.29 is 28.4 Å². The Balaban J connectivity index is 2.02. The predicted octanol–water partition coefficient (Wildman–Crippen LogP) is 2.50. The van der Waals surface area contributed by atoms with E-state index in [0.717, 1.165) is 0 Å². The average Bonchev–Trinajstić information content (AvgIpc) is 2.88. The molecule has 9 nitrogen and oxygen atoms in total. The zero-order chi connectivity index (χ0) is 29.3. The quantitative estimate of drug-likeness (QED) is 0.325. The smallest absolute Gasteiger partial charge is 0.289 e. The van der Waals surface area contributed by atoms with Gasteiger partial charge in [-0.3, -0.25) is 24.0 Å². The Morgan fingerprint density at radius 3 is 1.92 bits per heavy atom. The van der Waals surface area contributed by atoms with Crippen molar-refractivity contribution in [3.05, 3.63) is 71.5 Å². The molecule has 0 saturated carbocycles. The van der Waals surface area contributed by atoms with Gasteiger partial charge in [-0.2, -0.15) is 0 Å². The van der Waals surface area contributed by atoms with E-state index in [0.29, 0.717) is 11.1 Å². The van der Waals surface area contributed by atoms with Gasteiger partial charge in [-0.1, -0.05) is 65.0 Å². The Morgan fingerprint density at radius 2 is 1.38 bits per heavy atom. The molecule has 0 fully saturated rings. The molecular formula is C29H37FN4O5. The highest BCUT2D eigenvalue weighted by molar-refractivity contribution is 6.38. The number of hydrogen-bond acceptors (Lipinski definition) is 5. The molecule has 2 aromatic carbocycles. The number of benzene rings is 2. The Bertz CT molecular complexity index is 1180. The number of Topliss-reactive ketones (excluding diaryl/α,β-unsaturated/α-hetero) is 1. The first-order valence-corrected chi connectivity index (χ1v) is 12.7. The highest BCUT2D eigenvalue weighted by Gasteiger charge is 2.35. The molecule has 3 atom stereocenters. The van der Waals surface area contributed by atoms with E-state index in [2.05, 4.69) is 21.3 Å². The highest BCUT2D eigenvalue weighted by Crippen LogP contribution is 2.20. The van der Waals surface area contributed by atoms with Crippen LogP contribution >= 0.6 is 0 Å². The van der Waals surface area contributed by atoms with E-state index < -0.39 is 64.7 Å². The maximum absolute atomic E-state index is 13.1. The number of hydrogen-bond donors (Lipinski definition) is 4. The van der Waals surface area contributed by atoms with E-state index in [1.54, 1.807) is 65.0 Å². The van der Waals surface area contributed by atoms with Crippen molar-refractivity contribution in [3.8, 4) is 0 Å². The summed E-state index contributed by atoms with van der Waals surface area (Å²) in [4.78, 5) is 64.0. The monoisotopic (exact) mass is 540 g/mol. The molecule has 0 saturated heterocycles. The molecule has 0 aliphatic carbocycles. The van der Waals surface area contributed by atoms with Crippen LogP contribution in [-0.2, 0) is 25.7 Å². The van der Waals surface area contributed by atoms with Gasteiger partial charge in [0.1, 0.15) is 17.9 Å². The summed E-state index contributed by atoms with van der Waals surface area (Å²) in [5, 5.41) is 10.4. The van der Waals surface area contributed by atoms with Gasteiger partial charge < -0.3 is 21.3 Å². The molecular weight excluding hydrogens is 503 g/mol. The molecule has 0 aromatic heterocycles. The van der Waals surface area contributed by atoms with Crippen LogP contribution in [0, 0.1) is 17.2 Å². The third-order valence-electron chi connectivity index (χ3n) is 6.03. The lowest BCUT2D eigenvalue weighted by Gasteiger charge is -2.31. The van der Waals surface area contributed by atoms with Crippen LogP contribution in [0.4, 0.5) is 4.39 Å². The molecule has 0 spiro atoms. The fraction of sp³-hybridized carbons (Fsp3) is 0.414. The fourth-order valence-corrected chi connectivity index (χ4v) is 3.67. The molecule has 10 heteroatoms. The number of amides is 4. The van der Waals surface area contributed by atoms with E-state index in [9.17, 15) is 28.4 Å². The Hall–Kier alpha value is -4.08. The van der Waals surface area contributed by atoms with Gasteiger partial charge in [0.05, 0.1) is 6.04 Å². The van der Waals surface area contributed by atoms with Crippen LogP contribution in [0.15, 0.2) is 54.6 Å². The van der Waals surface area contributed by atoms with Gasteiger partial charge in [0.25, 0.3) is 11.8 Å².